The molecule has 9 heteroatoms. The fraction of sp³-hybridized carbons (Fsp3) is 0.667. The third-order valence-electron chi connectivity index (χ3n) is 4.34. The van der Waals surface area contributed by atoms with E-state index in [-0.39, 0.29) is 23.8 Å². The van der Waals surface area contributed by atoms with Crippen LogP contribution in [0.5, 0.6) is 0 Å². The standard InChI is InChI=1S/C15H19F3N4O2/c16-15(17,18)12-1-5-19-14(21-12)22-6-2-10(9-22)13(23)20-11-3-7-24-8-4-11/h1,5,10-11H,2-4,6-9H2,(H,20,23). The number of hydrogen-bond acceptors (Lipinski definition) is 5. The molecule has 2 saturated heterocycles. The van der Waals surface area contributed by atoms with E-state index in [2.05, 4.69) is 15.3 Å². The largest absolute Gasteiger partial charge is 0.433 e. The number of aromatic nitrogens is 2. The number of nitrogens with zero attached hydrogens (tertiary/aromatic N) is 3. The number of hydrogen-bond donors (Lipinski definition) is 1. The molecule has 1 aromatic rings. The Kier molecular flexibility index (Phi) is 4.88. The molecule has 2 aliphatic rings. The second-order valence-electron chi connectivity index (χ2n) is 6.07. The molecule has 132 valence electrons. The van der Waals surface area contributed by atoms with Gasteiger partial charge in [-0.25, -0.2) is 9.97 Å². The van der Waals surface area contributed by atoms with Gasteiger partial charge < -0.3 is 15.0 Å². The van der Waals surface area contributed by atoms with Gasteiger partial charge in [0.2, 0.25) is 11.9 Å². The Morgan fingerprint density at radius 2 is 2.04 bits per heavy atom. The Bertz CT molecular complexity index is 590. The molecule has 0 spiro atoms. The van der Waals surface area contributed by atoms with Crippen molar-refractivity contribution >= 4 is 11.9 Å². The van der Waals surface area contributed by atoms with Gasteiger partial charge in [-0.05, 0) is 25.3 Å². The Hall–Kier alpha value is -1.90. The van der Waals surface area contributed by atoms with E-state index < -0.39 is 11.9 Å². The van der Waals surface area contributed by atoms with Crippen molar-refractivity contribution in [3.05, 3.63) is 18.0 Å². The van der Waals surface area contributed by atoms with E-state index in [9.17, 15) is 18.0 Å². The summed E-state index contributed by atoms with van der Waals surface area (Å²) in [5, 5.41) is 3.00. The molecule has 0 radical (unpaired) electrons. The Morgan fingerprint density at radius 3 is 2.75 bits per heavy atom. The number of carbonyl (C=O) groups is 1. The molecule has 0 saturated carbocycles. The minimum atomic E-state index is -4.50. The highest BCUT2D eigenvalue weighted by atomic mass is 19.4. The van der Waals surface area contributed by atoms with Crippen LogP contribution in [-0.2, 0) is 15.7 Å². The van der Waals surface area contributed by atoms with Crippen LogP contribution in [0.3, 0.4) is 0 Å². The summed E-state index contributed by atoms with van der Waals surface area (Å²) < 4.78 is 43.5. The lowest BCUT2D eigenvalue weighted by Gasteiger charge is -2.24. The normalized spacial score (nSPS) is 22.6. The van der Waals surface area contributed by atoms with Gasteiger partial charge in [0, 0.05) is 38.5 Å². The molecule has 24 heavy (non-hydrogen) atoms. The van der Waals surface area contributed by atoms with Crippen LogP contribution in [0.2, 0.25) is 0 Å². The van der Waals surface area contributed by atoms with Crippen LogP contribution in [0.15, 0.2) is 12.3 Å². The lowest BCUT2D eigenvalue weighted by atomic mass is 10.1. The van der Waals surface area contributed by atoms with Gasteiger partial charge in [0.15, 0.2) is 0 Å². The number of nitrogens with one attached hydrogen (secondary N) is 1. The van der Waals surface area contributed by atoms with Crippen LogP contribution in [0, 0.1) is 5.92 Å². The van der Waals surface area contributed by atoms with Gasteiger partial charge in [-0.1, -0.05) is 0 Å². The molecule has 1 unspecified atom stereocenters. The van der Waals surface area contributed by atoms with Crippen LogP contribution in [0.4, 0.5) is 19.1 Å². The first-order valence-electron chi connectivity index (χ1n) is 7.97. The molecular formula is C15H19F3N4O2. The number of carbonyl (C=O) groups excluding carboxylic acids is 1. The second kappa shape index (κ2) is 6.92. The molecule has 2 fully saturated rings. The lowest BCUT2D eigenvalue weighted by Crippen LogP contribution is -2.42. The van der Waals surface area contributed by atoms with Gasteiger partial charge in [-0.3, -0.25) is 4.79 Å². The van der Waals surface area contributed by atoms with Crippen molar-refractivity contribution < 1.29 is 22.7 Å². The van der Waals surface area contributed by atoms with Crippen molar-refractivity contribution in [2.75, 3.05) is 31.2 Å². The molecule has 1 atom stereocenters. The van der Waals surface area contributed by atoms with Crippen molar-refractivity contribution in [2.24, 2.45) is 5.92 Å². The summed E-state index contributed by atoms with van der Waals surface area (Å²) in [5.74, 6) is -0.298. The van der Waals surface area contributed by atoms with Crippen molar-refractivity contribution in [3.8, 4) is 0 Å². The minimum absolute atomic E-state index is 0.0196. The average molecular weight is 344 g/mol. The predicted molar refractivity (Wildman–Crippen MR) is 79.3 cm³/mol. The third-order valence-corrected chi connectivity index (χ3v) is 4.34. The quantitative estimate of drug-likeness (QED) is 0.902. The lowest BCUT2D eigenvalue weighted by molar-refractivity contribution is -0.141. The van der Waals surface area contributed by atoms with Crippen LogP contribution in [0.1, 0.15) is 25.0 Å². The second-order valence-corrected chi connectivity index (χ2v) is 6.07. The predicted octanol–water partition coefficient (Wildman–Crippen LogP) is 1.62. The maximum atomic E-state index is 12.7. The summed E-state index contributed by atoms with van der Waals surface area (Å²) in [6, 6.07) is 0.958. The van der Waals surface area contributed by atoms with Crippen LogP contribution in [-0.4, -0.2) is 48.2 Å². The minimum Gasteiger partial charge on any atom is -0.381 e. The number of anilines is 1. The monoisotopic (exact) mass is 344 g/mol. The molecule has 0 aromatic carbocycles. The zero-order valence-corrected chi connectivity index (χ0v) is 13.1. The van der Waals surface area contributed by atoms with Gasteiger partial charge in [0.1, 0.15) is 5.69 Å². The smallest absolute Gasteiger partial charge is 0.381 e. The number of amides is 1. The highest BCUT2D eigenvalue weighted by molar-refractivity contribution is 5.80. The molecule has 6 nitrogen and oxygen atoms in total. The number of alkyl halides is 3. The molecular weight excluding hydrogens is 325 g/mol. The van der Waals surface area contributed by atoms with Crippen LogP contribution in [0.25, 0.3) is 0 Å². The van der Waals surface area contributed by atoms with Gasteiger partial charge in [-0.2, -0.15) is 13.2 Å². The summed E-state index contributed by atoms with van der Waals surface area (Å²) in [7, 11) is 0. The van der Waals surface area contributed by atoms with Crippen LogP contribution >= 0.6 is 0 Å². The first-order valence-corrected chi connectivity index (χ1v) is 7.97. The van der Waals surface area contributed by atoms with Gasteiger partial charge in [0.05, 0.1) is 5.92 Å². The fourth-order valence-corrected chi connectivity index (χ4v) is 2.98. The molecule has 1 N–H and O–H groups in total. The Labute approximate surface area is 137 Å². The van der Waals surface area contributed by atoms with Gasteiger partial charge in [0.25, 0.3) is 0 Å². The molecule has 1 amide bonds. The summed E-state index contributed by atoms with van der Waals surface area (Å²) in [4.78, 5) is 21.4. The number of ether oxygens (including phenoxy) is 1. The summed E-state index contributed by atoms with van der Waals surface area (Å²) in [6.45, 7) is 2.07. The van der Waals surface area contributed by atoms with Gasteiger partial charge in [-0.15, -0.1) is 0 Å². The zero-order chi connectivity index (χ0) is 17.2. The van der Waals surface area contributed by atoms with E-state index >= 15 is 0 Å². The van der Waals surface area contributed by atoms with E-state index in [0.29, 0.717) is 32.7 Å². The average Bonchev–Trinajstić information content (AvgIpc) is 3.05. The topological polar surface area (TPSA) is 67.3 Å². The first-order chi connectivity index (χ1) is 11.4. The van der Waals surface area contributed by atoms with E-state index in [4.69, 9.17) is 4.74 Å². The number of halogens is 3. The number of rotatable bonds is 3. The van der Waals surface area contributed by atoms with Crippen LogP contribution < -0.4 is 10.2 Å². The van der Waals surface area contributed by atoms with Crippen molar-refractivity contribution in [2.45, 2.75) is 31.5 Å². The summed E-state index contributed by atoms with van der Waals surface area (Å²) in [5.41, 5.74) is -0.970. The van der Waals surface area contributed by atoms with E-state index in [1.807, 2.05) is 0 Å². The Balaban J connectivity index is 1.59. The van der Waals surface area contributed by atoms with Crippen molar-refractivity contribution in [1.29, 1.82) is 0 Å². The molecule has 2 aliphatic heterocycles. The highest BCUT2D eigenvalue weighted by Gasteiger charge is 2.35. The molecule has 3 heterocycles. The molecule has 3 rings (SSSR count). The highest BCUT2D eigenvalue weighted by Crippen LogP contribution is 2.29. The first kappa shape index (κ1) is 16.9. The third kappa shape index (κ3) is 3.95. The van der Waals surface area contributed by atoms with Crippen molar-refractivity contribution in [3.63, 3.8) is 0 Å². The maximum Gasteiger partial charge on any atom is 0.433 e. The van der Waals surface area contributed by atoms with Gasteiger partial charge >= 0.3 is 6.18 Å². The SMILES string of the molecule is O=C(NC1CCOCC1)C1CCN(c2nccc(C(F)(F)F)n2)C1. The Morgan fingerprint density at radius 1 is 1.29 bits per heavy atom. The summed E-state index contributed by atoms with van der Waals surface area (Å²) in [6.07, 6.45) is -1.25. The molecule has 0 bridgehead atoms. The summed E-state index contributed by atoms with van der Waals surface area (Å²) >= 11 is 0. The van der Waals surface area contributed by atoms with Crippen molar-refractivity contribution in [1.82, 2.24) is 15.3 Å². The zero-order valence-electron chi connectivity index (χ0n) is 13.1. The fourth-order valence-electron chi connectivity index (χ4n) is 2.98. The molecule has 1 aromatic heterocycles. The molecule has 0 aliphatic carbocycles. The van der Waals surface area contributed by atoms with E-state index in [1.54, 1.807) is 4.90 Å². The van der Waals surface area contributed by atoms with E-state index in [1.165, 1.54) is 0 Å². The van der Waals surface area contributed by atoms with E-state index in [0.717, 1.165) is 25.1 Å². The maximum absolute atomic E-state index is 12.7.